The summed E-state index contributed by atoms with van der Waals surface area (Å²) in [5, 5.41) is 19.1. The fraction of sp³-hybridized carbons (Fsp3) is 0.219. The molecule has 0 aliphatic carbocycles. The van der Waals surface area contributed by atoms with Crippen molar-refractivity contribution in [2.75, 3.05) is 19.4 Å². The van der Waals surface area contributed by atoms with Crippen molar-refractivity contribution in [3.05, 3.63) is 162 Å². The van der Waals surface area contributed by atoms with Crippen LogP contribution in [0.2, 0.25) is 0 Å². The molecule has 0 saturated carbocycles. The molecule has 5 N–H and O–H groups in total. The number of aromatic nitrogens is 12. The number of rotatable bonds is 13. The normalized spacial score (nSPS) is 11.6. The maximum atomic E-state index is 15.3. The Morgan fingerprint density at radius 1 is 0.622 bits per heavy atom. The van der Waals surface area contributed by atoms with Crippen LogP contribution in [0.5, 0.6) is 0 Å². The van der Waals surface area contributed by atoms with E-state index in [1.807, 2.05) is 94.8 Å². The topological polar surface area (TPSA) is 182 Å². The lowest BCUT2D eigenvalue weighted by Gasteiger charge is -2.20. The molecule has 10 heterocycles. The Morgan fingerprint density at radius 2 is 1.10 bits per heavy atom. The van der Waals surface area contributed by atoms with Crippen molar-refractivity contribution in [3.8, 4) is 66.4 Å². The third kappa shape index (κ3) is 12.4. The van der Waals surface area contributed by atoms with Crippen LogP contribution in [0.25, 0.3) is 121 Å². The van der Waals surface area contributed by atoms with Crippen molar-refractivity contribution in [2.45, 2.75) is 68.4 Å². The van der Waals surface area contributed by atoms with Gasteiger partial charge in [-0.3, -0.25) is 30.1 Å². The van der Waals surface area contributed by atoms with Gasteiger partial charge in [0.05, 0.1) is 32.7 Å². The van der Waals surface area contributed by atoms with Crippen molar-refractivity contribution < 1.29 is 8.78 Å². The van der Waals surface area contributed by atoms with E-state index in [2.05, 4.69) is 122 Å². The van der Waals surface area contributed by atoms with Gasteiger partial charge in [0, 0.05) is 74.9 Å². The third-order valence-corrected chi connectivity index (χ3v) is 15.3. The number of anilines is 1. The summed E-state index contributed by atoms with van der Waals surface area (Å²) in [5.74, 6) is 1.12. The molecule has 12 rings (SSSR count). The van der Waals surface area contributed by atoms with Gasteiger partial charge in [-0.1, -0.05) is 61.3 Å². The highest BCUT2D eigenvalue weighted by molar-refractivity contribution is 7.17. The first-order chi connectivity index (χ1) is 39.2. The molecule has 0 bridgehead atoms. The molecule has 0 amide bonds. The lowest BCUT2D eigenvalue weighted by Crippen LogP contribution is -2.10. The van der Waals surface area contributed by atoms with E-state index in [1.54, 1.807) is 53.7 Å². The second-order valence-electron chi connectivity index (χ2n) is 22.6. The largest absolute Gasteiger partial charge is 0.358 e. The zero-order chi connectivity index (χ0) is 58.1. The summed E-state index contributed by atoms with van der Waals surface area (Å²) >= 11 is 3.25. The highest BCUT2D eigenvalue weighted by Crippen LogP contribution is 2.39. The van der Waals surface area contributed by atoms with Gasteiger partial charge in [-0.2, -0.15) is 10.2 Å². The Balaban J connectivity index is 0.000000173. The SMILES string of the molecule is C=C(C)c1ccc(-c2nccc3[nH]c(-c4[nH]nc5c(F)cc(-c6cncc(CN(C)C)c6)cc45)nc23)s1.C=C(CC(C)(C)C)Nc1cncc(-c2cc(F)c3n[nH]c(-c4nc5c(-c6ccc(C(=C)C)s6)nccc5[nH]4)c3c2)c1.CC(C)C. The molecule has 0 aliphatic rings. The van der Waals surface area contributed by atoms with Crippen LogP contribution in [0, 0.1) is 23.0 Å². The van der Waals surface area contributed by atoms with Crippen LogP contribution >= 0.6 is 22.7 Å². The molecule has 12 aromatic rings. The first kappa shape index (κ1) is 56.4. The maximum Gasteiger partial charge on any atom is 0.157 e. The van der Waals surface area contributed by atoms with Gasteiger partial charge < -0.3 is 20.2 Å². The summed E-state index contributed by atoms with van der Waals surface area (Å²) in [6.45, 7) is 29.9. The molecule has 0 atom stereocenters. The zero-order valence-electron chi connectivity index (χ0n) is 47.6. The Kier molecular flexibility index (Phi) is 16.1. The van der Waals surface area contributed by atoms with Crippen molar-refractivity contribution in [3.63, 3.8) is 0 Å². The number of hydrogen-bond donors (Lipinski definition) is 5. The van der Waals surface area contributed by atoms with E-state index in [0.717, 1.165) is 117 Å². The van der Waals surface area contributed by atoms with Crippen LogP contribution in [-0.2, 0) is 6.54 Å². The van der Waals surface area contributed by atoms with E-state index in [-0.39, 0.29) is 16.4 Å². The third-order valence-electron chi connectivity index (χ3n) is 12.8. The van der Waals surface area contributed by atoms with E-state index in [9.17, 15) is 0 Å². The van der Waals surface area contributed by atoms with Crippen LogP contribution in [0.1, 0.15) is 77.1 Å². The van der Waals surface area contributed by atoms with Crippen molar-refractivity contribution in [2.24, 2.45) is 11.3 Å². The molecule has 18 heteroatoms. The Hall–Kier alpha value is -8.84. The van der Waals surface area contributed by atoms with Crippen LogP contribution in [0.3, 0.4) is 0 Å². The number of nitrogens with one attached hydrogen (secondary N) is 5. The van der Waals surface area contributed by atoms with E-state index in [0.29, 0.717) is 39.4 Å². The molecule has 10 aromatic heterocycles. The molecule has 0 fully saturated rings. The van der Waals surface area contributed by atoms with E-state index in [4.69, 9.17) is 9.97 Å². The molecule has 416 valence electrons. The molecule has 0 saturated heterocycles. The summed E-state index contributed by atoms with van der Waals surface area (Å²) in [6.07, 6.45) is 11.4. The predicted molar refractivity (Wildman–Crippen MR) is 335 cm³/mol. The second-order valence-corrected chi connectivity index (χ2v) is 24.7. The predicted octanol–water partition coefficient (Wildman–Crippen LogP) is 17.0. The van der Waals surface area contributed by atoms with Gasteiger partial charge in [-0.05, 0) is 146 Å². The average Bonchev–Trinajstić information content (AvgIpc) is 4.35. The number of hydrogen-bond acceptors (Lipinski definition) is 12. The highest BCUT2D eigenvalue weighted by Gasteiger charge is 2.22. The summed E-state index contributed by atoms with van der Waals surface area (Å²) in [5.41, 5.74) is 14.3. The van der Waals surface area contributed by atoms with Crippen molar-refractivity contribution in [1.82, 2.24) is 65.2 Å². The van der Waals surface area contributed by atoms with Crippen molar-refractivity contribution in [1.29, 1.82) is 0 Å². The van der Waals surface area contributed by atoms with Gasteiger partial charge in [-0.25, -0.2) is 18.7 Å². The number of halogens is 2. The number of H-pyrrole nitrogens is 4. The molecule has 0 unspecified atom stereocenters. The quantitative estimate of drug-likeness (QED) is 0.0745. The summed E-state index contributed by atoms with van der Waals surface area (Å²) in [7, 11) is 4.00. The molecule has 14 nitrogen and oxygen atoms in total. The van der Waals surface area contributed by atoms with E-state index >= 15 is 8.78 Å². The number of pyridine rings is 4. The lowest BCUT2D eigenvalue weighted by atomic mass is 9.91. The van der Waals surface area contributed by atoms with Gasteiger partial charge in [0.15, 0.2) is 23.3 Å². The van der Waals surface area contributed by atoms with Crippen LogP contribution in [0.4, 0.5) is 14.5 Å². The Labute approximate surface area is 482 Å². The van der Waals surface area contributed by atoms with E-state index in [1.165, 1.54) is 12.1 Å². The molecular formula is C64H64F2N14S2. The Bertz CT molecular complexity index is 4350. The average molecular weight is 1130 g/mol. The fourth-order valence-corrected chi connectivity index (χ4v) is 11.2. The zero-order valence-corrected chi connectivity index (χ0v) is 49.2. The minimum atomic E-state index is -0.431. The maximum absolute atomic E-state index is 15.3. The highest BCUT2D eigenvalue weighted by atomic mass is 32.1. The second kappa shape index (κ2) is 23.3. The Morgan fingerprint density at radius 3 is 1.55 bits per heavy atom. The van der Waals surface area contributed by atoms with E-state index < -0.39 is 11.6 Å². The number of imidazole rings is 2. The summed E-state index contributed by atoms with van der Waals surface area (Å²) < 4.78 is 30.5. The molecule has 82 heavy (non-hydrogen) atoms. The number of allylic oxidation sites excluding steroid dienone is 3. The van der Waals surface area contributed by atoms with Crippen LogP contribution in [-0.4, -0.2) is 79.3 Å². The summed E-state index contributed by atoms with van der Waals surface area (Å²) in [4.78, 5) is 40.8. The molecule has 0 spiro atoms. The van der Waals surface area contributed by atoms with Crippen LogP contribution < -0.4 is 5.32 Å². The number of aromatic amines is 4. The summed E-state index contributed by atoms with van der Waals surface area (Å²) in [6, 6.07) is 22.7. The molecule has 2 aromatic carbocycles. The first-order valence-corrected chi connectivity index (χ1v) is 28.4. The number of fused-ring (bicyclic) bond motifs is 4. The fourth-order valence-electron chi connectivity index (χ4n) is 9.35. The van der Waals surface area contributed by atoms with Gasteiger partial charge >= 0.3 is 0 Å². The lowest BCUT2D eigenvalue weighted by molar-refractivity contribution is 0.402. The first-order valence-electron chi connectivity index (χ1n) is 26.7. The van der Waals surface area contributed by atoms with Gasteiger partial charge in [0.1, 0.15) is 44.8 Å². The monoisotopic (exact) mass is 1130 g/mol. The van der Waals surface area contributed by atoms with Crippen LogP contribution in [0.15, 0.2) is 135 Å². The van der Waals surface area contributed by atoms with Crippen molar-refractivity contribution >= 4 is 83.4 Å². The number of nitrogens with zero attached hydrogens (tertiary/aromatic N) is 9. The molecule has 0 radical (unpaired) electrons. The van der Waals surface area contributed by atoms with Gasteiger partial charge in [0.2, 0.25) is 0 Å². The number of thiophene rings is 2. The van der Waals surface area contributed by atoms with Gasteiger partial charge in [-0.15, -0.1) is 22.7 Å². The molecular weight excluding hydrogens is 1070 g/mol. The van der Waals surface area contributed by atoms with Gasteiger partial charge in [0.25, 0.3) is 0 Å². The minimum absolute atomic E-state index is 0.103. The standard InChI is InChI=1S/C32H30FN7S.C28H24FN7S.C4H10/c1-17(2)25-7-8-26(41-25)30-29-24(9-10-35-30)37-31(38-29)28-22-12-19(13-23(33)27(22)39-40-28)20-11-21(16-34-15-20)36-18(3)14-32(4,5)6;1-15(2)22-5-6-23(37-22)27-26-21(7-8-31-27)32-28(33-26)25-19-10-17(11-20(29)24(19)34-35-25)18-9-16(12-30-13-18)14-36(3)4;1-4(2)3/h7-13,15-16,36H,1,3,14H2,2,4-6H3,(H,37,38)(H,39,40);5-13H,1,14H2,2-4H3,(H,32,33)(H,34,35);4H,1-3H3. The number of benzene rings is 2. The smallest absolute Gasteiger partial charge is 0.157 e. The molecule has 0 aliphatic heterocycles. The minimum Gasteiger partial charge on any atom is -0.358 e.